The Kier molecular flexibility index (Phi) is 5.33. The molecule has 25 heavy (non-hydrogen) atoms. The van der Waals surface area contributed by atoms with E-state index >= 15 is 0 Å². The Balaban J connectivity index is 1.55. The summed E-state index contributed by atoms with van der Waals surface area (Å²) >= 11 is 12.2. The van der Waals surface area contributed by atoms with Crippen molar-refractivity contribution in [3.8, 4) is 0 Å². The van der Waals surface area contributed by atoms with Gasteiger partial charge in [0.1, 0.15) is 12.3 Å². The van der Waals surface area contributed by atoms with Crippen LogP contribution in [0.25, 0.3) is 0 Å². The molecule has 0 aromatic heterocycles. The predicted molar refractivity (Wildman–Crippen MR) is 91.6 cm³/mol. The number of hydrogen-bond acceptors (Lipinski definition) is 5. The van der Waals surface area contributed by atoms with Crippen LogP contribution in [0.2, 0.25) is 10.0 Å². The minimum Gasteiger partial charge on any atom is -0.413 e. The van der Waals surface area contributed by atoms with Gasteiger partial charge in [0.15, 0.2) is 0 Å². The van der Waals surface area contributed by atoms with Crippen LogP contribution in [0, 0.1) is 0 Å². The molecule has 3 rings (SSSR count). The molecule has 1 aromatic carbocycles. The highest BCUT2D eigenvalue weighted by atomic mass is 35.5. The maximum atomic E-state index is 12.4. The maximum absolute atomic E-state index is 12.4. The van der Waals surface area contributed by atoms with Gasteiger partial charge >= 0.3 is 6.03 Å². The molecule has 0 saturated carbocycles. The van der Waals surface area contributed by atoms with E-state index in [1.807, 2.05) is 0 Å². The Morgan fingerprint density at radius 3 is 2.92 bits per heavy atom. The first-order valence-corrected chi connectivity index (χ1v) is 8.35. The van der Waals surface area contributed by atoms with Crippen molar-refractivity contribution < 1.29 is 19.6 Å². The number of amides is 3. The van der Waals surface area contributed by atoms with Gasteiger partial charge < -0.3 is 10.2 Å². The number of halogens is 2. The SMILES string of the molecule is O=C(NO)C1C=CON1CCNC(=O)N1CCc2c1ccc(Cl)c2Cl. The van der Waals surface area contributed by atoms with Crippen LogP contribution in [-0.2, 0) is 16.1 Å². The summed E-state index contributed by atoms with van der Waals surface area (Å²) in [4.78, 5) is 30.6. The Morgan fingerprint density at radius 1 is 1.36 bits per heavy atom. The second-order valence-corrected chi connectivity index (χ2v) is 6.27. The van der Waals surface area contributed by atoms with Gasteiger partial charge in [-0.2, -0.15) is 0 Å². The van der Waals surface area contributed by atoms with Crippen molar-refractivity contribution in [1.82, 2.24) is 15.9 Å². The molecule has 0 spiro atoms. The molecule has 0 bridgehead atoms. The number of carbonyl (C=O) groups is 2. The maximum Gasteiger partial charge on any atom is 0.321 e. The van der Waals surface area contributed by atoms with Crippen molar-refractivity contribution >= 4 is 40.8 Å². The Bertz CT molecular complexity index is 728. The van der Waals surface area contributed by atoms with Crippen LogP contribution in [0.4, 0.5) is 10.5 Å². The zero-order valence-electron chi connectivity index (χ0n) is 13.0. The number of nitrogens with zero attached hydrogens (tertiary/aromatic N) is 2. The summed E-state index contributed by atoms with van der Waals surface area (Å²) in [6, 6.07) is 2.42. The Hall–Kier alpha value is -2.00. The molecule has 10 heteroatoms. The molecule has 1 atom stereocenters. The van der Waals surface area contributed by atoms with Crippen LogP contribution in [0.5, 0.6) is 0 Å². The van der Waals surface area contributed by atoms with Crippen molar-refractivity contribution in [1.29, 1.82) is 0 Å². The average molecular weight is 387 g/mol. The number of fused-ring (bicyclic) bond motifs is 1. The van der Waals surface area contributed by atoms with E-state index in [1.54, 1.807) is 22.5 Å². The third-order valence-corrected chi connectivity index (χ3v) is 4.89. The lowest BCUT2D eigenvalue weighted by molar-refractivity contribution is -0.150. The van der Waals surface area contributed by atoms with Gasteiger partial charge in [-0.3, -0.25) is 14.9 Å². The first kappa shape index (κ1) is 17.8. The molecule has 2 heterocycles. The summed E-state index contributed by atoms with van der Waals surface area (Å²) < 4.78 is 0. The van der Waals surface area contributed by atoms with E-state index in [1.165, 1.54) is 17.4 Å². The number of hydroxylamine groups is 3. The first-order chi connectivity index (χ1) is 12.0. The van der Waals surface area contributed by atoms with Gasteiger partial charge in [0.25, 0.3) is 5.91 Å². The average Bonchev–Trinajstić information content (AvgIpc) is 3.24. The summed E-state index contributed by atoms with van der Waals surface area (Å²) in [6.45, 7) is 1.03. The third kappa shape index (κ3) is 3.52. The molecule has 2 aliphatic rings. The number of carbonyl (C=O) groups excluding carboxylic acids is 2. The summed E-state index contributed by atoms with van der Waals surface area (Å²) in [6.07, 6.45) is 3.49. The van der Waals surface area contributed by atoms with Crippen molar-refractivity contribution in [2.24, 2.45) is 0 Å². The smallest absolute Gasteiger partial charge is 0.321 e. The zero-order valence-corrected chi connectivity index (χ0v) is 14.5. The molecule has 8 nitrogen and oxygen atoms in total. The molecule has 2 aliphatic heterocycles. The highest BCUT2D eigenvalue weighted by Gasteiger charge is 2.30. The lowest BCUT2D eigenvalue weighted by Crippen LogP contribution is -2.46. The van der Waals surface area contributed by atoms with Gasteiger partial charge in [0.05, 0.1) is 22.3 Å². The fourth-order valence-corrected chi connectivity index (χ4v) is 3.25. The molecular formula is C15H16Cl2N4O4. The highest BCUT2D eigenvalue weighted by Crippen LogP contribution is 2.37. The topological polar surface area (TPSA) is 94.1 Å². The monoisotopic (exact) mass is 386 g/mol. The number of rotatable bonds is 4. The summed E-state index contributed by atoms with van der Waals surface area (Å²) in [5.74, 6) is -0.611. The van der Waals surface area contributed by atoms with Crippen LogP contribution in [0.3, 0.4) is 0 Å². The van der Waals surface area contributed by atoms with E-state index in [2.05, 4.69) is 5.32 Å². The molecule has 3 amide bonds. The van der Waals surface area contributed by atoms with Crippen molar-refractivity contribution in [2.45, 2.75) is 12.5 Å². The summed E-state index contributed by atoms with van der Waals surface area (Å²) in [7, 11) is 0. The standard InChI is InChI=1S/C15H16Cl2N4O4/c16-10-1-2-11-9(13(10)17)3-6-20(11)15(23)18-5-7-21-12(4-8-25-21)14(22)19-24/h1-2,4,8,12,24H,3,5-7H2,(H,18,23)(H,19,22). The van der Waals surface area contributed by atoms with E-state index in [9.17, 15) is 9.59 Å². The second-order valence-electron chi connectivity index (χ2n) is 5.49. The highest BCUT2D eigenvalue weighted by molar-refractivity contribution is 6.42. The first-order valence-electron chi connectivity index (χ1n) is 7.59. The minimum absolute atomic E-state index is 0.253. The lowest BCUT2D eigenvalue weighted by atomic mass is 10.2. The molecule has 0 radical (unpaired) electrons. The van der Waals surface area contributed by atoms with Crippen molar-refractivity contribution in [3.05, 3.63) is 40.1 Å². The van der Waals surface area contributed by atoms with E-state index in [4.69, 9.17) is 33.2 Å². The third-order valence-electron chi connectivity index (χ3n) is 4.05. The zero-order chi connectivity index (χ0) is 18.0. The van der Waals surface area contributed by atoms with E-state index in [-0.39, 0.29) is 19.1 Å². The molecular weight excluding hydrogens is 371 g/mol. The molecule has 3 N–H and O–H groups in total. The van der Waals surface area contributed by atoms with E-state index in [0.29, 0.717) is 23.0 Å². The van der Waals surface area contributed by atoms with E-state index < -0.39 is 11.9 Å². The van der Waals surface area contributed by atoms with Gasteiger partial charge in [-0.15, -0.1) is 5.06 Å². The van der Waals surface area contributed by atoms with Crippen LogP contribution >= 0.6 is 23.2 Å². The van der Waals surface area contributed by atoms with E-state index in [0.717, 1.165) is 11.3 Å². The molecule has 134 valence electrons. The van der Waals surface area contributed by atoms with Gasteiger partial charge in [0.2, 0.25) is 0 Å². The van der Waals surface area contributed by atoms with Gasteiger partial charge in [-0.1, -0.05) is 23.2 Å². The van der Waals surface area contributed by atoms with Crippen LogP contribution in [0.15, 0.2) is 24.5 Å². The Morgan fingerprint density at radius 2 is 2.16 bits per heavy atom. The number of urea groups is 1. The molecule has 0 saturated heterocycles. The van der Waals surface area contributed by atoms with Crippen molar-refractivity contribution in [3.63, 3.8) is 0 Å². The quantitative estimate of drug-likeness (QED) is 0.540. The number of nitrogens with one attached hydrogen (secondary N) is 2. The fraction of sp³-hybridized carbons (Fsp3) is 0.333. The van der Waals surface area contributed by atoms with Crippen LogP contribution < -0.4 is 15.7 Å². The van der Waals surface area contributed by atoms with Gasteiger partial charge in [0, 0.05) is 13.1 Å². The fourth-order valence-electron chi connectivity index (χ4n) is 2.82. The van der Waals surface area contributed by atoms with Crippen LogP contribution in [-0.4, -0.2) is 47.9 Å². The summed E-state index contributed by atoms with van der Waals surface area (Å²) in [5.41, 5.74) is 3.17. The van der Waals surface area contributed by atoms with Crippen molar-refractivity contribution in [2.75, 3.05) is 24.5 Å². The molecule has 1 aromatic rings. The van der Waals surface area contributed by atoms with Gasteiger partial charge in [-0.25, -0.2) is 10.3 Å². The lowest BCUT2D eigenvalue weighted by Gasteiger charge is -2.22. The normalized spacial score (nSPS) is 18.8. The number of hydrogen-bond donors (Lipinski definition) is 3. The minimum atomic E-state index is -0.740. The van der Waals surface area contributed by atoms with Gasteiger partial charge in [-0.05, 0) is 30.2 Å². The Labute approximate surface area is 153 Å². The largest absolute Gasteiger partial charge is 0.413 e. The number of anilines is 1. The molecule has 1 unspecified atom stereocenters. The van der Waals surface area contributed by atoms with Crippen LogP contribution in [0.1, 0.15) is 5.56 Å². The second kappa shape index (κ2) is 7.49. The number of benzene rings is 1. The molecule has 0 aliphatic carbocycles. The predicted octanol–water partition coefficient (Wildman–Crippen LogP) is 1.70. The summed E-state index contributed by atoms with van der Waals surface area (Å²) in [5, 5.41) is 13.8. The molecule has 0 fully saturated rings.